The molecule has 0 amide bonds. The number of rotatable bonds is 4. The molecule has 2 atom stereocenters. The van der Waals surface area contributed by atoms with Crippen LogP contribution < -0.4 is 5.32 Å². The average molecular weight is 261 g/mol. The summed E-state index contributed by atoms with van der Waals surface area (Å²) in [5.74, 6) is 1.53. The number of allylic oxidation sites excluding steroid dienone is 2. The van der Waals surface area contributed by atoms with E-state index in [1.807, 2.05) is 11.7 Å². The summed E-state index contributed by atoms with van der Waals surface area (Å²) in [5.41, 5.74) is 5.34. The van der Waals surface area contributed by atoms with Gasteiger partial charge in [0.25, 0.3) is 0 Å². The van der Waals surface area contributed by atoms with Gasteiger partial charge in [-0.05, 0) is 52.0 Å². The quantitative estimate of drug-likeness (QED) is 0.844. The fraction of sp³-hybridized carbons (Fsp3) is 0.688. The molecule has 2 unspecified atom stereocenters. The molecule has 3 heteroatoms. The van der Waals surface area contributed by atoms with Crippen LogP contribution in [0.5, 0.6) is 0 Å². The normalized spacial score (nSPS) is 23.5. The second kappa shape index (κ2) is 5.91. The molecule has 0 bridgehead atoms. The zero-order chi connectivity index (χ0) is 14.0. The highest BCUT2D eigenvalue weighted by Gasteiger charge is 2.18. The van der Waals surface area contributed by atoms with Crippen LogP contribution in [0.25, 0.3) is 0 Å². The van der Waals surface area contributed by atoms with Gasteiger partial charge in [-0.25, -0.2) is 0 Å². The maximum Gasteiger partial charge on any atom is 0.0641 e. The average Bonchev–Trinajstić information content (AvgIpc) is 2.54. The van der Waals surface area contributed by atoms with E-state index in [0.717, 1.165) is 30.6 Å². The lowest BCUT2D eigenvalue weighted by Gasteiger charge is -2.25. The Bertz CT molecular complexity index is 471. The van der Waals surface area contributed by atoms with Crippen molar-refractivity contribution >= 4 is 0 Å². The molecular weight excluding hydrogens is 234 g/mol. The van der Waals surface area contributed by atoms with E-state index >= 15 is 0 Å². The SMILES string of the molecule is CC1=CC(C)CC(CNCc2c(C)nn(C)c2C)C1. The number of aryl methyl sites for hydroxylation is 2. The van der Waals surface area contributed by atoms with E-state index in [0.29, 0.717) is 0 Å². The second-order valence-corrected chi connectivity index (χ2v) is 6.20. The maximum atomic E-state index is 4.47. The summed E-state index contributed by atoms with van der Waals surface area (Å²) in [4.78, 5) is 0. The van der Waals surface area contributed by atoms with E-state index in [1.54, 1.807) is 5.57 Å². The lowest BCUT2D eigenvalue weighted by molar-refractivity contribution is 0.381. The first-order valence-electron chi connectivity index (χ1n) is 7.34. The predicted octanol–water partition coefficient (Wildman–Crippen LogP) is 3.12. The number of nitrogens with one attached hydrogen (secondary N) is 1. The maximum absolute atomic E-state index is 4.47. The van der Waals surface area contributed by atoms with E-state index in [9.17, 15) is 0 Å². The molecule has 1 aliphatic carbocycles. The molecule has 0 aromatic carbocycles. The van der Waals surface area contributed by atoms with E-state index in [-0.39, 0.29) is 0 Å². The van der Waals surface area contributed by atoms with Crippen molar-refractivity contribution in [3.05, 3.63) is 28.6 Å². The molecule has 1 aliphatic rings. The molecule has 1 aromatic rings. The number of nitrogens with zero attached hydrogens (tertiary/aromatic N) is 2. The second-order valence-electron chi connectivity index (χ2n) is 6.20. The molecule has 19 heavy (non-hydrogen) atoms. The largest absolute Gasteiger partial charge is 0.312 e. The molecule has 106 valence electrons. The summed E-state index contributed by atoms with van der Waals surface area (Å²) in [6.45, 7) is 10.9. The highest BCUT2D eigenvalue weighted by atomic mass is 15.3. The Morgan fingerprint density at radius 3 is 2.68 bits per heavy atom. The molecule has 0 saturated heterocycles. The standard InChI is InChI=1S/C16H27N3/c1-11-6-12(2)8-15(7-11)9-17-10-16-13(3)18-19(5)14(16)4/h6,11,15,17H,7-10H2,1-5H3. The molecule has 1 aromatic heterocycles. The van der Waals surface area contributed by atoms with Gasteiger partial charge in [0, 0.05) is 24.8 Å². The molecule has 0 radical (unpaired) electrons. The van der Waals surface area contributed by atoms with Crippen molar-refractivity contribution in [1.82, 2.24) is 15.1 Å². The Morgan fingerprint density at radius 1 is 1.37 bits per heavy atom. The Balaban J connectivity index is 1.86. The van der Waals surface area contributed by atoms with Crippen molar-refractivity contribution in [3.8, 4) is 0 Å². The third-order valence-electron chi connectivity index (χ3n) is 4.28. The van der Waals surface area contributed by atoms with Crippen molar-refractivity contribution < 1.29 is 0 Å². The van der Waals surface area contributed by atoms with Crippen molar-refractivity contribution in [2.75, 3.05) is 6.54 Å². The van der Waals surface area contributed by atoms with Crippen LogP contribution in [0.15, 0.2) is 11.6 Å². The molecular formula is C16H27N3. The fourth-order valence-electron chi connectivity index (χ4n) is 3.32. The lowest BCUT2D eigenvalue weighted by atomic mass is 9.84. The summed E-state index contributed by atoms with van der Waals surface area (Å²) in [6.07, 6.45) is 4.99. The van der Waals surface area contributed by atoms with Gasteiger partial charge in [-0.15, -0.1) is 0 Å². The molecule has 0 spiro atoms. The third kappa shape index (κ3) is 3.47. The Labute approximate surface area is 117 Å². The van der Waals surface area contributed by atoms with Crippen molar-refractivity contribution in [2.45, 2.75) is 47.1 Å². The van der Waals surface area contributed by atoms with Gasteiger partial charge in [0.1, 0.15) is 0 Å². The summed E-state index contributed by atoms with van der Waals surface area (Å²) < 4.78 is 1.97. The topological polar surface area (TPSA) is 29.9 Å². The highest BCUT2D eigenvalue weighted by Crippen LogP contribution is 2.27. The molecule has 3 nitrogen and oxygen atoms in total. The van der Waals surface area contributed by atoms with Crippen LogP contribution in [0.4, 0.5) is 0 Å². The Hall–Kier alpha value is -1.09. The van der Waals surface area contributed by atoms with Crippen LogP contribution in [0.1, 0.15) is 43.6 Å². The first-order chi connectivity index (χ1) is 8.97. The predicted molar refractivity (Wildman–Crippen MR) is 80.0 cm³/mol. The Kier molecular flexibility index (Phi) is 4.46. The minimum atomic E-state index is 0.738. The van der Waals surface area contributed by atoms with E-state index in [2.05, 4.69) is 44.2 Å². The van der Waals surface area contributed by atoms with Gasteiger partial charge >= 0.3 is 0 Å². The van der Waals surface area contributed by atoms with Crippen molar-refractivity contribution in [2.24, 2.45) is 18.9 Å². The molecule has 0 saturated carbocycles. The van der Waals surface area contributed by atoms with Crippen LogP contribution in [0.2, 0.25) is 0 Å². The van der Waals surface area contributed by atoms with E-state index in [4.69, 9.17) is 0 Å². The van der Waals surface area contributed by atoms with Crippen molar-refractivity contribution in [3.63, 3.8) is 0 Å². The zero-order valence-electron chi connectivity index (χ0n) is 13.0. The first-order valence-corrected chi connectivity index (χ1v) is 7.34. The van der Waals surface area contributed by atoms with Gasteiger partial charge in [-0.2, -0.15) is 5.10 Å². The fourth-order valence-corrected chi connectivity index (χ4v) is 3.32. The smallest absolute Gasteiger partial charge is 0.0641 e. The minimum Gasteiger partial charge on any atom is -0.312 e. The summed E-state index contributed by atoms with van der Waals surface area (Å²) >= 11 is 0. The molecule has 2 rings (SSSR count). The summed E-state index contributed by atoms with van der Waals surface area (Å²) in [6, 6.07) is 0. The summed E-state index contributed by atoms with van der Waals surface area (Å²) in [7, 11) is 2.02. The van der Waals surface area contributed by atoms with Crippen LogP contribution >= 0.6 is 0 Å². The van der Waals surface area contributed by atoms with Gasteiger partial charge in [0.05, 0.1) is 5.69 Å². The number of aromatic nitrogens is 2. The van der Waals surface area contributed by atoms with Crippen LogP contribution in [0.3, 0.4) is 0 Å². The lowest BCUT2D eigenvalue weighted by Crippen LogP contribution is -2.26. The van der Waals surface area contributed by atoms with Crippen LogP contribution in [-0.4, -0.2) is 16.3 Å². The van der Waals surface area contributed by atoms with Crippen molar-refractivity contribution in [1.29, 1.82) is 0 Å². The zero-order valence-corrected chi connectivity index (χ0v) is 13.0. The third-order valence-corrected chi connectivity index (χ3v) is 4.28. The van der Waals surface area contributed by atoms with E-state index < -0.39 is 0 Å². The minimum absolute atomic E-state index is 0.738. The summed E-state index contributed by atoms with van der Waals surface area (Å²) in [5, 5.41) is 8.09. The molecule has 0 aliphatic heterocycles. The van der Waals surface area contributed by atoms with Crippen LogP contribution in [-0.2, 0) is 13.6 Å². The number of hydrogen-bond donors (Lipinski definition) is 1. The molecule has 0 fully saturated rings. The van der Waals surface area contributed by atoms with Crippen LogP contribution in [0, 0.1) is 25.7 Å². The molecule has 1 N–H and O–H groups in total. The number of hydrogen-bond acceptors (Lipinski definition) is 2. The monoisotopic (exact) mass is 261 g/mol. The van der Waals surface area contributed by atoms with Gasteiger partial charge < -0.3 is 5.32 Å². The van der Waals surface area contributed by atoms with Gasteiger partial charge in [0.2, 0.25) is 0 Å². The van der Waals surface area contributed by atoms with Gasteiger partial charge in [0.15, 0.2) is 0 Å². The highest BCUT2D eigenvalue weighted by molar-refractivity contribution is 5.24. The van der Waals surface area contributed by atoms with Gasteiger partial charge in [-0.1, -0.05) is 18.6 Å². The Morgan fingerprint density at radius 2 is 2.11 bits per heavy atom. The van der Waals surface area contributed by atoms with E-state index in [1.165, 1.54) is 24.1 Å². The van der Waals surface area contributed by atoms with Gasteiger partial charge in [-0.3, -0.25) is 4.68 Å². The molecule has 1 heterocycles. The first kappa shape index (κ1) is 14.3.